The normalized spacial score (nSPS) is 11.7. The molecule has 0 radical (unpaired) electrons. The summed E-state index contributed by atoms with van der Waals surface area (Å²) in [5, 5.41) is 2.91. The lowest BCUT2D eigenvalue weighted by Crippen LogP contribution is -2.43. The topological polar surface area (TPSA) is 64.3 Å². The van der Waals surface area contributed by atoms with Crippen molar-refractivity contribution in [1.82, 2.24) is 5.32 Å². The van der Waals surface area contributed by atoms with Crippen molar-refractivity contribution in [1.29, 1.82) is 0 Å². The number of amides is 1. The molecule has 0 aromatic heterocycles. The van der Waals surface area contributed by atoms with Crippen molar-refractivity contribution in [3.05, 3.63) is 29.3 Å². The van der Waals surface area contributed by atoms with Gasteiger partial charge in [0.1, 0.15) is 5.75 Å². The van der Waals surface area contributed by atoms with E-state index in [1.54, 1.807) is 0 Å². The molecule has 0 spiro atoms. The van der Waals surface area contributed by atoms with Gasteiger partial charge in [0.15, 0.2) is 6.61 Å². The maximum atomic E-state index is 11.9. The molecule has 21 heavy (non-hydrogen) atoms. The van der Waals surface area contributed by atoms with Crippen LogP contribution in [-0.2, 0) is 4.79 Å². The van der Waals surface area contributed by atoms with Crippen molar-refractivity contribution in [3.8, 4) is 5.75 Å². The Balaban J connectivity index is 0.00000400. The maximum Gasteiger partial charge on any atom is 0.258 e. The fourth-order valence-electron chi connectivity index (χ4n) is 2.16. The Morgan fingerprint density at radius 3 is 2.52 bits per heavy atom. The van der Waals surface area contributed by atoms with Gasteiger partial charge in [0.2, 0.25) is 0 Å². The number of rotatable bonds is 7. The van der Waals surface area contributed by atoms with Crippen LogP contribution in [0.4, 0.5) is 0 Å². The van der Waals surface area contributed by atoms with E-state index in [0.717, 1.165) is 17.7 Å². The van der Waals surface area contributed by atoms with Crippen molar-refractivity contribution >= 4 is 18.3 Å². The average molecular weight is 315 g/mol. The van der Waals surface area contributed by atoms with Crippen molar-refractivity contribution in [3.63, 3.8) is 0 Å². The first-order valence-corrected chi connectivity index (χ1v) is 7.11. The zero-order valence-electron chi connectivity index (χ0n) is 13.3. The van der Waals surface area contributed by atoms with Crippen LogP contribution in [0.2, 0.25) is 0 Å². The molecule has 1 amide bonds. The summed E-state index contributed by atoms with van der Waals surface area (Å²) in [4.78, 5) is 11.9. The molecule has 0 aliphatic heterocycles. The van der Waals surface area contributed by atoms with E-state index in [4.69, 9.17) is 10.5 Å². The van der Waals surface area contributed by atoms with E-state index in [0.29, 0.717) is 12.5 Å². The van der Waals surface area contributed by atoms with Crippen LogP contribution < -0.4 is 15.8 Å². The molecule has 4 nitrogen and oxygen atoms in total. The number of carbonyl (C=O) groups is 1. The highest BCUT2D eigenvalue weighted by atomic mass is 35.5. The van der Waals surface area contributed by atoms with Crippen molar-refractivity contribution in [2.24, 2.45) is 11.7 Å². The van der Waals surface area contributed by atoms with Crippen LogP contribution in [0.3, 0.4) is 0 Å². The van der Waals surface area contributed by atoms with Gasteiger partial charge in [-0.3, -0.25) is 4.79 Å². The standard InChI is InChI=1S/C16H26N2O2.ClH/c1-11(2)7-14(9-17)18-16(19)10-20-15-6-5-12(3)8-13(15)4;/h5-6,8,11,14H,7,9-10,17H2,1-4H3,(H,18,19);1H. The van der Waals surface area contributed by atoms with E-state index in [1.807, 2.05) is 32.0 Å². The molecule has 1 aromatic rings. The summed E-state index contributed by atoms with van der Waals surface area (Å²) in [7, 11) is 0. The Bertz CT molecular complexity index is 450. The zero-order valence-corrected chi connectivity index (χ0v) is 14.1. The van der Waals surface area contributed by atoms with E-state index in [-0.39, 0.29) is 31.0 Å². The molecule has 0 aliphatic carbocycles. The molecular formula is C16H27ClN2O2. The lowest BCUT2D eigenvalue weighted by molar-refractivity contribution is -0.123. The highest BCUT2D eigenvalue weighted by molar-refractivity contribution is 5.85. The average Bonchev–Trinajstić information content (AvgIpc) is 2.36. The second-order valence-corrected chi connectivity index (χ2v) is 5.69. The fraction of sp³-hybridized carbons (Fsp3) is 0.562. The van der Waals surface area contributed by atoms with Gasteiger partial charge >= 0.3 is 0 Å². The number of nitrogens with two attached hydrogens (primary N) is 1. The molecule has 1 aromatic carbocycles. The smallest absolute Gasteiger partial charge is 0.258 e. The van der Waals surface area contributed by atoms with Gasteiger partial charge in [0.25, 0.3) is 5.91 Å². The number of benzene rings is 1. The minimum absolute atomic E-state index is 0. The Kier molecular flexibility index (Phi) is 9.06. The first kappa shape index (κ1) is 19.7. The molecule has 3 N–H and O–H groups in total. The summed E-state index contributed by atoms with van der Waals surface area (Å²) in [5.41, 5.74) is 7.88. The van der Waals surface area contributed by atoms with Crippen LogP contribution in [-0.4, -0.2) is 25.1 Å². The molecule has 1 rings (SSSR count). The predicted molar refractivity (Wildman–Crippen MR) is 89.1 cm³/mol. The lowest BCUT2D eigenvalue weighted by Gasteiger charge is -2.19. The van der Waals surface area contributed by atoms with Crippen molar-refractivity contribution < 1.29 is 9.53 Å². The quantitative estimate of drug-likeness (QED) is 0.813. The van der Waals surface area contributed by atoms with E-state index in [9.17, 15) is 4.79 Å². The molecule has 0 bridgehead atoms. The summed E-state index contributed by atoms with van der Waals surface area (Å²) in [5.74, 6) is 1.13. The maximum absolute atomic E-state index is 11.9. The Labute approximate surface area is 133 Å². The van der Waals surface area contributed by atoms with Gasteiger partial charge < -0.3 is 15.8 Å². The molecule has 0 saturated carbocycles. The Morgan fingerprint density at radius 2 is 2.00 bits per heavy atom. The van der Waals surface area contributed by atoms with E-state index in [1.165, 1.54) is 5.56 Å². The molecule has 120 valence electrons. The van der Waals surface area contributed by atoms with Crippen LogP contribution in [0.1, 0.15) is 31.4 Å². The summed E-state index contributed by atoms with van der Waals surface area (Å²) in [6.45, 7) is 8.71. The first-order valence-electron chi connectivity index (χ1n) is 7.11. The highest BCUT2D eigenvalue weighted by Gasteiger charge is 2.13. The molecule has 0 aliphatic rings. The van der Waals surface area contributed by atoms with Crippen LogP contribution in [0.25, 0.3) is 0 Å². The summed E-state index contributed by atoms with van der Waals surface area (Å²) in [6, 6.07) is 5.92. The Morgan fingerprint density at radius 1 is 1.33 bits per heavy atom. The van der Waals surface area contributed by atoms with E-state index in [2.05, 4.69) is 19.2 Å². The van der Waals surface area contributed by atoms with Crippen molar-refractivity contribution in [2.45, 2.75) is 40.2 Å². The van der Waals surface area contributed by atoms with Crippen LogP contribution in [0.5, 0.6) is 5.75 Å². The lowest BCUT2D eigenvalue weighted by atomic mass is 10.0. The zero-order chi connectivity index (χ0) is 15.1. The largest absolute Gasteiger partial charge is 0.484 e. The van der Waals surface area contributed by atoms with Crippen LogP contribution in [0.15, 0.2) is 18.2 Å². The van der Waals surface area contributed by atoms with Gasteiger partial charge in [-0.1, -0.05) is 31.5 Å². The number of aryl methyl sites for hydroxylation is 2. The molecule has 0 saturated heterocycles. The number of nitrogens with one attached hydrogen (secondary N) is 1. The summed E-state index contributed by atoms with van der Waals surface area (Å²) in [6.07, 6.45) is 0.881. The highest BCUT2D eigenvalue weighted by Crippen LogP contribution is 2.18. The van der Waals surface area contributed by atoms with Crippen molar-refractivity contribution in [2.75, 3.05) is 13.2 Å². The molecule has 0 fully saturated rings. The molecular weight excluding hydrogens is 288 g/mol. The second kappa shape index (κ2) is 9.64. The number of hydrogen-bond donors (Lipinski definition) is 2. The number of carbonyl (C=O) groups excluding carboxylic acids is 1. The number of ether oxygens (including phenoxy) is 1. The molecule has 0 heterocycles. The second-order valence-electron chi connectivity index (χ2n) is 5.69. The third kappa shape index (κ3) is 7.34. The molecule has 1 unspecified atom stereocenters. The van der Waals surface area contributed by atoms with Crippen LogP contribution >= 0.6 is 12.4 Å². The summed E-state index contributed by atoms with van der Waals surface area (Å²) < 4.78 is 5.55. The molecule has 1 atom stereocenters. The fourth-order valence-corrected chi connectivity index (χ4v) is 2.16. The Hall–Kier alpha value is -1.26. The van der Waals surface area contributed by atoms with Gasteiger partial charge in [-0.15, -0.1) is 12.4 Å². The predicted octanol–water partition coefficient (Wildman–Crippen LogP) is 2.59. The SMILES string of the molecule is Cc1ccc(OCC(=O)NC(CN)CC(C)C)c(C)c1.Cl. The number of halogens is 1. The third-order valence-corrected chi connectivity index (χ3v) is 3.09. The van der Waals surface area contributed by atoms with E-state index >= 15 is 0 Å². The van der Waals surface area contributed by atoms with Gasteiger partial charge in [0, 0.05) is 12.6 Å². The summed E-state index contributed by atoms with van der Waals surface area (Å²) >= 11 is 0. The first-order chi connectivity index (χ1) is 9.42. The monoisotopic (exact) mass is 314 g/mol. The van der Waals surface area contributed by atoms with Gasteiger partial charge in [-0.2, -0.15) is 0 Å². The van der Waals surface area contributed by atoms with E-state index < -0.39 is 0 Å². The van der Waals surface area contributed by atoms with Gasteiger partial charge in [-0.05, 0) is 37.8 Å². The van der Waals surface area contributed by atoms with Gasteiger partial charge in [-0.25, -0.2) is 0 Å². The minimum atomic E-state index is -0.124. The van der Waals surface area contributed by atoms with Crippen LogP contribution in [0, 0.1) is 19.8 Å². The van der Waals surface area contributed by atoms with Gasteiger partial charge in [0.05, 0.1) is 0 Å². The minimum Gasteiger partial charge on any atom is -0.484 e. The molecule has 5 heteroatoms. The number of hydrogen-bond acceptors (Lipinski definition) is 3. The third-order valence-electron chi connectivity index (χ3n) is 3.09.